The number of nitrogens with one attached hydrogen (secondary N) is 1. The Morgan fingerprint density at radius 1 is 1.07 bits per heavy atom. The van der Waals surface area contributed by atoms with Crippen LogP contribution in [0.3, 0.4) is 0 Å². The summed E-state index contributed by atoms with van der Waals surface area (Å²) in [7, 11) is 0. The number of anilines is 1. The summed E-state index contributed by atoms with van der Waals surface area (Å²) in [5.41, 5.74) is 1.72. The number of benzene rings is 2. The molecule has 148 valence electrons. The summed E-state index contributed by atoms with van der Waals surface area (Å²) in [5, 5.41) is 2.87. The second-order valence-electron chi connectivity index (χ2n) is 6.63. The molecule has 1 heterocycles. The molecule has 0 spiro atoms. The molecule has 1 aliphatic heterocycles. The quantitative estimate of drug-likeness (QED) is 0.743. The Balaban J connectivity index is 1.64. The van der Waals surface area contributed by atoms with Crippen molar-refractivity contribution < 1.29 is 19.1 Å². The number of hydrogen-bond acceptors (Lipinski definition) is 4. The smallest absolute Gasteiger partial charge is 0.259 e. The summed E-state index contributed by atoms with van der Waals surface area (Å²) in [5.74, 6) is 0.322. The summed E-state index contributed by atoms with van der Waals surface area (Å²) < 4.78 is 11.0. The lowest BCUT2D eigenvalue weighted by molar-refractivity contribution is 0.0303. The largest absolute Gasteiger partial charge is 0.493 e. The van der Waals surface area contributed by atoms with E-state index in [9.17, 15) is 9.59 Å². The Kier molecular flexibility index (Phi) is 7.03. The highest BCUT2D eigenvalue weighted by Gasteiger charge is 2.18. The summed E-state index contributed by atoms with van der Waals surface area (Å²) in [6.07, 6.45) is 1.97. The number of para-hydroxylation sites is 1. The fourth-order valence-corrected chi connectivity index (χ4v) is 2.95. The molecule has 2 aromatic carbocycles. The lowest BCUT2D eigenvalue weighted by Gasteiger charge is -2.26. The predicted octanol–water partition coefficient (Wildman–Crippen LogP) is 3.59. The van der Waals surface area contributed by atoms with Crippen molar-refractivity contribution in [2.24, 2.45) is 0 Å². The fraction of sp³-hybridized carbons (Fsp3) is 0.364. The molecule has 0 saturated carbocycles. The van der Waals surface area contributed by atoms with Gasteiger partial charge in [0.15, 0.2) is 0 Å². The van der Waals surface area contributed by atoms with Crippen molar-refractivity contribution in [1.82, 2.24) is 4.90 Å². The van der Waals surface area contributed by atoms with Gasteiger partial charge in [0.25, 0.3) is 11.8 Å². The maximum atomic E-state index is 12.7. The van der Waals surface area contributed by atoms with E-state index in [2.05, 4.69) is 12.2 Å². The molecule has 0 unspecified atom stereocenters. The van der Waals surface area contributed by atoms with E-state index in [1.165, 1.54) is 0 Å². The van der Waals surface area contributed by atoms with Gasteiger partial charge in [-0.15, -0.1) is 0 Å². The van der Waals surface area contributed by atoms with Crippen LogP contribution in [0.2, 0.25) is 0 Å². The van der Waals surface area contributed by atoms with Crippen molar-refractivity contribution in [2.45, 2.75) is 19.8 Å². The minimum Gasteiger partial charge on any atom is -0.493 e. The zero-order valence-electron chi connectivity index (χ0n) is 16.1. The summed E-state index contributed by atoms with van der Waals surface area (Å²) in [6, 6.07) is 14.2. The van der Waals surface area contributed by atoms with Crippen LogP contribution >= 0.6 is 0 Å². The molecule has 1 N–H and O–H groups in total. The number of nitrogens with zero attached hydrogens (tertiary/aromatic N) is 1. The molecular formula is C22H26N2O4. The van der Waals surface area contributed by atoms with Crippen LogP contribution in [0.15, 0.2) is 48.5 Å². The molecule has 0 aliphatic carbocycles. The number of morpholine rings is 1. The van der Waals surface area contributed by atoms with Gasteiger partial charge in [-0.2, -0.15) is 0 Å². The van der Waals surface area contributed by atoms with Gasteiger partial charge in [0, 0.05) is 24.3 Å². The Bertz CT molecular complexity index is 798. The van der Waals surface area contributed by atoms with Crippen molar-refractivity contribution in [3.63, 3.8) is 0 Å². The standard InChI is InChI=1S/C22H26N2O4/c1-2-3-14-28-20-7-5-4-6-19(20)21(25)23-18-10-8-17(9-11-18)22(26)24-12-15-27-16-13-24/h4-11H,2-3,12-16H2,1H3,(H,23,25). The van der Waals surface area contributed by atoms with Crippen molar-refractivity contribution in [1.29, 1.82) is 0 Å². The van der Waals surface area contributed by atoms with Gasteiger partial charge in [-0.05, 0) is 42.8 Å². The minimum atomic E-state index is -0.237. The second kappa shape index (κ2) is 9.90. The van der Waals surface area contributed by atoms with E-state index >= 15 is 0 Å². The van der Waals surface area contributed by atoms with Gasteiger partial charge in [0.2, 0.25) is 0 Å². The Labute approximate surface area is 165 Å². The molecule has 1 saturated heterocycles. The molecule has 6 heteroatoms. The van der Waals surface area contributed by atoms with Gasteiger partial charge in [0.1, 0.15) is 5.75 Å². The van der Waals surface area contributed by atoms with Crippen LogP contribution in [0, 0.1) is 0 Å². The number of ether oxygens (including phenoxy) is 2. The number of amides is 2. The predicted molar refractivity (Wildman–Crippen MR) is 108 cm³/mol. The Morgan fingerprint density at radius 3 is 2.50 bits per heavy atom. The first kappa shape index (κ1) is 19.9. The highest BCUT2D eigenvalue weighted by molar-refractivity contribution is 6.06. The average Bonchev–Trinajstić information content (AvgIpc) is 2.75. The number of carbonyl (C=O) groups excluding carboxylic acids is 2. The molecule has 0 bridgehead atoms. The molecule has 0 atom stereocenters. The van der Waals surface area contributed by atoms with Crippen molar-refractivity contribution in [3.8, 4) is 5.75 Å². The zero-order chi connectivity index (χ0) is 19.8. The first-order valence-electron chi connectivity index (χ1n) is 9.69. The SMILES string of the molecule is CCCCOc1ccccc1C(=O)Nc1ccc(C(=O)N2CCOCC2)cc1. The molecule has 2 aromatic rings. The van der Waals surface area contributed by atoms with Gasteiger partial charge in [-0.25, -0.2) is 0 Å². The monoisotopic (exact) mass is 382 g/mol. The molecule has 6 nitrogen and oxygen atoms in total. The Morgan fingerprint density at radius 2 is 1.79 bits per heavy atom. The normalized spacial score (nSPS) is 13.8. The highest BCUT2D eigenvalue weighted by atomic mass is 16.5. The van der Waals surface area contributed by atoms with Gasteiger partial charge >= 0.3 is 0 Å². The first-order valence-corrected chi connectivity index (χ1v) is 9.69. The van der Waals surface area contributed by atoms with Crippen LogP contribution in [0.1, 0.15) is 40.5 Å². The van der Waals surface area contributed by atoms with Crippen LogP contribution in [0.25, 0.3) is 0 Å². The van der Waals surface area contributed by atoms with E-state index in [0.717, 1.165) is 12.8 Å². The zero-order valence-corrected chi connectivity index (χ0v) is 16.1. The Hall–Kier alpha value is -2.86. The van der Waals surface area contributed by atoms with Gasteiger partial charge < -0.3 is 19.7 Å². The van der Waals surface area contributed by atoms with Crippen LogP contribution < -0.4 is 10.1 Å². The van der Waals surface area contributed by atoms with E-state index in [1.807, 2.05) is 12.1 Å². The second-order valence-corrected chi connectivity index (χ2v) is 6.63. The summed E-state index contributed by atoms with van der Waals surface area (Å²) in [4.78, 5) is 26.9. The van der Waals surface area contributed by atoms with E-state index in [-0.39, 0.29) is 11.8 Å². The van der Waals surface area contributed by atoms with Crippen LogP contribution in [-0.2, 0) is 4.74 Å². The van der Waals surface area contributed by atoms with Crippen LogP contribution in [-0.4, -0.2) is 49.6 Å². The maximum absolute atomic E-state index is 12.7. The molecule has 3 rings (SSSR count). The van der Waals surface area contributed by atoms with Crippen molar-refractivity contribution in [2.75, 3.05) is 38.2 Å². The van der Waals surface area contributed by atoms with Gasteiger partial charge in [-0.1, -0.05) is 25.5 Å². The van der Waals surface area contributed by atoms with Crippen LogP contribution in [0.4, 0.5) is 5.69 Å². The molecule has 0 radical (unpaired) electrons. The number of carbonyl (C=O) groups is 2. The number of hydrogen-bond donors (Lipinski definition) is 1. The third kappa shape index (κ3) is 5.10. The lowest BCUT2D eigenvalue weighted by Crippen LogP contribution is -2.40. The fourth-order valence-electron chi connectivity index (χ4n) is 2.95. The van der Waals surface area contributed by atoms with Gasteiger partial charge in [0.05, 0.1) is 25.4 Å². The van der Waals surface area contributed by atoms with E-state index < -0.39 is 0 Å². The number of unbranched alkanes of at least 4 members (excludes halogenated alkanes) is 1. The third-order valence-corrected chi connectivity index (χ3v) is 4.58. The topological polar surface area (TPSA) is 67.9 Å². The summed E-state index contributed by atoms with van der Waals surface area (Å²) in [6.45, 7) is 5.02. The van der Waals surface area contributed by atoms with E-state index in [0.29, 0.717) is 55.5 Å². The van der Waals surface area contributed by atoms with Gasteiger partial charge in [-0.3, -0.25) is 9.59 Å². The van der Waals surface area contributed by atoms with E-state index in [4.69, 9.17) is 9.47 Å². The lowest BCUT2D eigenvalue weighted by atomic mass is 10.1. The van der Waals surface area contributed by atoms with Crippen molar-refractivity contribution >= 4 is 17.5 Å². The molecular weight excluding hydrogens is 356 g/mol. The molecule has 1 fully saturated rings. The molecule has 0 aromatic heterocycles. The average molecular weight is 382 g/mol. The third-order valence-electron chi connectivity index (χ3n) is 4.58. The van der Waals surface area contributed by atoms with Crippen LogP contribution in [0.5, 0.6) is 5.75 Å². The minimum absolute atomic E-state index is 0.0177. The number of rotatable bonds is 7. The molecule has 1 aliphatic rings. The molecule has 2 amide bonds. The van der Waals surface area contributed by atoms with Crippen molar-refractivity contribution in [3.05, 3.63) is 59.7 Å². The maximum Gasteiger partial charge on any atom is 0.259 e. The first-order chi connectivity index (χ1) is 13.7. The molecule has 28 heavy (non-hydrogen) atoms. The van der Waals surface area contributed by atoms with E-state index in [1.54, 1.807) is 41.3 Å². The summed E-state index contributed by atoms with van der Waals surface area (Å²) >= 11 is 0. The highest BCUT2D eigenvalue weighted by Crippen LogP contribution is 2.20.